The number of rotatable bonds is 8. The smallest absolute Gasteiger partial charge is 0.0532 e. The monoisotopic (exact) mass is 677 g/mol. The van der Waals surface area contributed by atoms with Gasteiger partial charge in [0, 0.05) is 50.9 Å². The number of para-hydroxylation sites is 3. The summed E-state index contributed by atoms with van der Waals surface area (Å²) >= 11 is 0. The molecule has 0 aliphatic heterocycles. The van der Waals surface area contributed by atoms with E-state index in [0.717, 1.165) is 40.5 Å². The van der Waals surface area contributed by atoms with Gasteiger partial charge in [0.15, 0.2) is 0 Å². The highest BCUT2D eigenvalue weighted by Gasteiger charge is 2.18. The standard InChI is InChI=1S/C44H35N3.C3H6.C2H6/c1-2-36-31-35-32-43(28-29-44(35)47(36)39-20-10-5-11-21-39)46(38-18-8-4-9-19-38)41-26-24-40(25-27-41)45(37-16-6-3-7-17-37)42-23-22-33-14-12-13-15-34(33)30-42;1-3-2;1-2/h3-32H,2H2,1H3;3H,1H2,2H3;1-2H3. The zero-order valence-electron chi connectivity index (χ0n) is 30.7. The van der Waals surface area contributed by atoms with Gasteiger partial charge in [-0.05, 0) is 121 Å². The van der Waals surface area contributed by atoms with Crippen LogP contribution >= 0.6 is 0 Å². The fraction of sp³-hybridized carbons (Fsp3) is 0.102. The molecule has 0 spiro atoms. The van der Waals surface area contributed by atoms with Crippen molar-refractivity contribution in [2.75, 3.05) is 9.80 Å². The van der Waals surface area contributed by atoms with Gasteiger partial charge in [-0.2, -0.15) is 0 Å². The summed E-state index contributed by atoms with van der Waals surface area (Å²) in [5.74, 6) is 0. The molecule has 0 atom stereocenters. The number of aromatic nitrogens is 1. The lowest BCUT2D eigenvalue weighted by molar-refractivity contribution is 0.961. The maximum atomic E-state index is 3.36. The predicted octanol–water partition coefficient (Wildman–Crippen LogP) is 14.5. The Morgan fingerprint density at radius 1 is 0.462 bits per heavy atom. The van der Waals surface area contributed by atoms with Gasteiger partial charge in [-0.25, -0.2) is 0 Å². The first-order valence-corrected chi connectivity index (χ1v) is 18.2. The summed E-state index contributed by atoms with van der Waals surface area (Å²) in [4.78, 5) is 4.67. The molecule has 0 aliphatic carbocycles. The number of aryl methyl sites for hydroxylation is 1. The van der Waals surface area contributed by atoms with E-state index in [1.165, 1.54) is 33.1 Å². The number of fused-ring (bicyclic) bond motifs is 2. The van der Waals surface area contributed by atoms with E-state index in [-0.39, 0.29) is 0 Å². The molecule has 0 amide bonds. The third-order valence-corrected chi connectivity index (χ3v) is 8.88. The van der Waals surface area contributed by atoms with Crippen molar-refractivity contribution in [2.24, 2.45) is 0 Å². The van der Waals surface area contributed by atoms with Crippen LogP contribution in [0.3, 0.4) is 0 Å². The van der Waals surface area contributed by atoms with Gasteiger partial charge in [-0.3, -0.25) is 0 Å². The van der Waals surface area contributed by atoms with E-state index in [1.54, 1.807) is 6.08 Å². The van der Waals surface area contributed by atoms with Crippen molar-refractivity contribution < 1.29 is 0 Å². The summed E-state index contributed by atoms with van der Waals surface area (Å²) < 4.78 is 2.38. The van der Waals surface area contributed by atoms with Crippen molar-refractivity contribution in [2.45, 2.75) is 34.1 Å². The lowest BCUT2D eigenvalue weighted by atomic mass is 10.1. The molecule has 0 N–H and O–H groups in total. The fourth-order valence-electron chi connectivity index (χ4n) is 6.66. The van der Waals surface area contributed by atoms with Crippen LogP contribution in [-0.4, -0.2) is 4.57 Å². The van der Waals surface area contributed by atoms with Crippen molar-refractivity contribution in [1.82, 2.24) is 4.57 Å². The van der Waals surface area contributed by atoms with Crippen LogP contribution in [0.4, 0.5) is 34.1 Å². The second kappa shape index (κ2) is 17.1. The summed E-state index contributed by atoms with van der Waals surface area (Å²) in [6.45, 7) is 11.5. The minimum atomic E-state index is 0.956. The molecule has 3 heteroatoms. The Kier molecular flexibility index (Phi) is 11.7. The fourth-order valence-corrected chi connectivity index (χ4v) is 6.66. The van der Waals surface area contributed by atoms with Crippen molar-refractivity contribution in [3.63, 3.8) is 0 Å². The molecular formula is C49H47N3. The van der Waals surface area contributed by atoms with E-state index in [4.69, 9.17) is 0 Å². The average Bonchev–Trinajstić information content (AvgIpc) is 3.59. The van der Waals surface area contributed by atoms with E-state index in [0.29, 0.717) is 0 Å². The van der Waals surface area contributed by atoms with Crippen LogP contribution in [0.5, 0.6) is 0 Å². The van der Waals surface area contributed by atoms with Crippen molar-refractivity contribution >= 4 is 55.8 Å². The Bertz CT molecular complexity index is 2320. The molecule has 8 aromatic rings. The molecule has 1 aromatic heterocycles. The van der Waals surface area contributed by atoms with Crippen LogP contribution in [0, 0.1) is 0 Å². The molecular weight excluding hydrogens is 631 g/mol. The number of anilines is 6. The molecule has 0 radical (unpaired) electrons. The molecule has 0 bridgehead atoms. The minimum absolute atomic E-state index is 0.956. The summed E-state index contributed by atoms with van der Waals surface area (Å²) in [6, 6.07) is 65.2. The van der Waals surface area contributed by atoms with Gasteiger partial charge >= 0.3 is 0 Å². The number of hydrogen-bond acceptors (Lipinski definition) is 2. The SMILES string of the molecule is C=CC.CC.CCc1cc2cc(N(c3ccccc3)c3ccc(N(c4ccccc4)c4ccc5ccccc5c4)cc3)ccc2n1-c1ccccc1. The van der Waals surface area contributed by atoms with E-state index in [2.05, 4.69) is 210 Å². The lowest BCUT2D eigenvalue weighted by Crippen LogP contribution is -2.12. The van der Waals surface area contributed by atoms with E-state index in [9.17, 15) is 0 Å². The number of benzene rings is 7. The molecule has 52 heavy (non-hydrogen) atoms. The largest absolute Gasteiger partial charge is 0.314 e. The highest BCUT2D eigenvalue weighted by atomic mass is 15.2. The Hall–Kier alpha value is -6.32. The van der Waals surface area contributed by atoms with Crippen molar-refractivity contribution in [3.05, 3.63) is 200 Å². The summed E-state index contributed by atoms with van der Waals surface area (Å²) in [6.07, 6.45) is 2.71. The first-order valence-electron chi connectivity index (χ1n) is 18.2. The molecule has 7 aromatic carbocycles. The molecule has 8 rings (SSSR count). The Morgan fingerprint density at radius 2 is 0.865 bits per heavy atom. The second-order valence-electron chi connectivity index (χ2n) is 12.2. The lowest BCUT2D eigenvalue weighted by Gasteiger charge is -2.28. The van der Waals surface area contributed by atoms with Crippen LogP contribution < -0.4 is 9.80 Å². The molecule has 0 saturated carbocycles. The molecule has 3 nitrogen and oxygen atoms in total. The van der Waals surface area contributed by atoms with Gasteiger partial charge in [-0.15, -0.1) is 6.58 Å². The third-order valence-electron chi connectivity index (χ3n) is 8.88. The highest BCUT2D eigenvalue weighted by Crippen LogP contribution is 2.40. The zero-order valence-corrected chi connectivity index (χ0v) is 30.7. The van der Waals surface area contributed by atoms with Gasteiger partial charge in [0.25, 0.3) is 0 Å². The Morgan fingerprint density at radius 3 is 1.38 bits per heavy atom. The molecule has 1 heterocycles. The number of allylic oxidation sites excluding steroid dienone is 1. The van der Waals surface area contributed by atoms with Crippen LogP contribution in [0.15, 0.2) is 195 Å². The third kappa shape index (κ3) is 7.55. The molecule has 0 aliphatic rings. The van der Waals surface area contributed by atoms with E-state index < -0.39 is 0 Å². The Labute approximate surface area is 309 Å². The van der Waals surface area contributed by atoms with E-state index in [1.807, 2.05) is 20.8 Å². The van der Waals surface area contributed by atoms with Gasteiger partial charge < -0.3 is 14.4 Å². The topological polar surface area (TPSA) is 11.4 Å². The first kappa shape index (κ1) is 35.5. The molecule has 0 unspecified atom stereocenters. The van der Waals surface area contributed by atoms with Crippen LogP contribution in [0.1, 0.15) is 33.4 Å². The second-order valence-corrected chi connectivity index (χ2v) is 12.2. The molecule has 0 fully saturated rings. The molecule has 258 valence electrons. The van der Waals surface area contributed by atoms with Crippen LogP contribution in [-0.2, 0) is 6.42 Å². The predicted molar refractivity (Wildman–Crippen MR) is 227 cm³/mol. The minimum Gasteiger partial charge on any atom is -0.314 e. The van der Waals surface area contributed by atoms with Crippen LogP contribution in [0.25, 0.3) is 27.4 Å². The average molecular weight is 678 g/mol. The maximum Gasteiger partial charge on any atom is 0.0532 e. The van der Waals surface area contributed by atoms with Gasteiger partial charge in [0.1, 0.15) is 0 Å². The summed E-state index contributed by atoms with van der Waals surface area (Å²) in [7, 11) is 0. The van der Waals surface area contributed by atoms with E-state index >= 15 is 0 Å². The first-order chi connectivity index (χ1) is 25.7. The van der Waals surface area contributed by atoms with Crippen molar-refractivity contribution in [3.8, 4) is 5.69 Å². The van der Waals surface area contributed by atoms with Crippen molar-refractivity contribution in [1.29, 1.82) is 0 Å². The summed E-state index contributed by atoms with van der Waals surface area (Å²) in [5.41, 5.74) is 10.4. The zero-order chi connectivity index (χ0) is 36.3. The highest BCUT2D eigenvalue weighted by molar-refractivity contribution is 5.91. The van der Waals surface area contributed by atoms with Gasteiger partial charge in [0.05, 0.1) is 5.52 Å². The normalized spacial score (nSPS) is 10.5. The molecule has 0 saturated heterocycles. The maximum absolute atomic E-state index is 3.36. The van der Waals surface area contributed by atoms with Gasteiger partial charge in [0.2, 0.25) is 0 Å². The number of hydrogen-bond donors (Lipinski definition) is 0. The Balaban J connectivity index is 0.000000884. The summed E-state index contributed by atoms with van der Waals surface area (Å²) in [5, 5.41) is 3.69. The van der Waals surface area contributed by atoms with Crippen LogP contribution in [0.2, 0.25) is 0 Å². The van der Waals surface area contributed by atoms with Gasteiger partial charge in [-0.1, -0.05) is 112 Å². The quantitative estimate of drug-likeness (QED) is 0.148. The number of nitrogens with zero attached hydrogens (tertiary/aromatic N) is 3.